The molecule has 3 nitrogen and oxygen atoms in total. The molecule has 88 valence electrons. The lowest BCUT2D eigenvalue weighted by Gasteiger charge is -2.04. The van der Waals surface area contributed by atoms with Crippen LogP contribution < -0.4 is 11.1 Å². The van der Waals surface area contributed by atoms with Crippen molar-refractivity contribution in [1.29, 1.82) is 0 Å². The van der Waals surface area contributed by atoms with E-state index in [1.54, 1.807) is 0 Å². The van der Waals surface area contributed by atoms with E-state index in [0.29, 0.717) is 12.5 Å². The number of aliphatic imine (C=N–C) groups is 1. The number of hydrogen-bond donors (Lipinski definition) is 2. The van der Waals surface area contributed by atoms with Gasteiger partial charge in [-0.15, -0.1) is 0 Å². The second-order valence-electron chi connectivity index (χ2n) is 3.46. The number of nitrogens with zero attached hydrogens (tertiary/aromatic N) is 1. The normalized spacial score (nSPS) is 11.4. The quantitative estimate of drug-likeness (QED) is 0.451. The van der Waals surface area contributed by atoms with E-state index in [0.717, 1.165) is 18.7 Å². The van der Waals surface area contributed by atoms with Gasteiger partial charge in [-0.3, -0.25) is 0 Å². The smallest absolute Gasteiger partial charge is 0.188 e. The number of guanidine groups is 1. The number of nitrogens with two attached hydrogens (primary N) is 1. The Morgan fingerprint density at radius 3 is 2.81 bits per heavy atom. The van der Waals surface area contributed by atoms with Gasteiger partial charge in [0, 0.05) is 6.54 Å². The van der Waals surface area contributed by atoms with Gasteiger partial charge in [0.05, 0.1) is 6.54 Å². The molecule has 0 saturated heterocycles. The standard InChI is InChI=1S/C12H19N3S/c1-16-9-5-8-14-12(13)15-10-11-6-3-2-4-7-11/h2-4,6-7H,5,8-10H2,1H3,(H3,13,14,15). The summed E-state index contributed by atoms with van der Waals surface area (Å²) in [7, 11) is 0. The Morgan fingerprint density at radius 2 is 2.12 bits per heavy atom. The van der Waals surface area contributed by atoms with Gasteiger partial charge >= 0.3 is 0 Å². The van der Waals surface area contributed by atoms with Crippen LogP contribution in [0.3, 0.4) is 0 Å². The van der Waals surface area contributed by atoms with Crippen molar-refractivity contribution >= 4 is 17.7 Å². The van der Waals surface area contributed by atoms with Gasteiger partial charge in [-0.1, -0.05) is 30.3 Å². The van der Waals surface area contributed by atoms with E-state index in [1.807, 2.05) is 42.1 Å². The van der Waals surface area contributed by atoms with E-state index < -0.39 is 0 Å². The summed E-state index contributed by atoms with van der Waals surface area (Å²) < 4.78 is 0. The minimum atomic E-state index is 0.532. The van der Waals surface area contributed by atoms with Gasteiger partial charge in [0.2, 0.25) is 0 Å². The topological polar surface area (TPSA) is 50.4 Å². The average molecular weight is 237 g/mol. The zero-order valence-electron chi connectivity index (χ0n) is 9.65. The Hall–Kier alpha value is -1.16. The Balaban J connectivity index is 2.23. The molecule has 0 spiro atoms. The van der Waals surface area contributed by atoms with E-state index in [2.05, 4.69) is 16.6 Å². The van der Waals surface area contributed by atoms with Gasteiger partial charge in [0.1, 0.15) is 0 Å². The average Bonchev–Trinajstić information content (AvgIpc) is 2.33. The van der Waals surface area contributed by atoms with Crippen LogP contribution in [0.2, 0.25) is 0 Å². The Kier molecular flexibility index (Phi) is 6.49. The monoisotopic (exact) mass is 237 g/mol. The van der Waals surface area contributed by atoms with E-state index >= 15 is 0 Å². The highest BCUT2D eigenvalue weighted by Crippen LogP contribution is 1.99. The molecule has 3 N–H and O–H groups in total. The van der Waals surface area contributed by atoms with Crippen LogP contribution in [-0.4, -0.2) is 24.5 Å². The first-order chi connectivity index (χ1) is 7.83. The van der Waals surface area contributed by atoms with Gasteiger partial charge in [-0.25, -0.2) is 4.99 Å². The fourth-order valence-electron chi connectivity index (χ4n) is 1.25. The van der Waals surface area contributed by atoms with Crippen molar-refractivity contribution in [3.8, 4) is 0 Å². The van der Waals surface area contributed by atoms with E-state index in [9.17, 15) is 0 Å². The van der Waals surface area contributed by atoms with Crippen molar-refractivity contribution in [1.82, 2.24) is 5.32 Å². The zero-order chi connectivity index (χ0) is 11.6. The van der Waals surface area contributed by atoms with Gasteiger partial charge in [0.15, 0.2) is 5.96 Å². The third-order valence-corrected chi connectivity index (χ3v) is 2.80. The fraction of sp³-hybridized carbons (Fsp3) is 0.417. The summed E-state index contributed by atoms with van der Waals surface area (Å²) in [5, 5.41) is 3.10. The van der Waals surface area contributed by atoms with Gasteiger partial charge in [-0.2, -0.15) is 11.8 Å². The molecule has 0 aliphatic heterocycles. The highest BCUT2D eigenvalue weighted by Gasteiger charge is 1.92. The molecule has 0 atom stereocenters. The predicted octanol–water partition coefficient (Wildman–Crippen LogP) is 1.84. The first kappa shape index (κ1) is 12.9. The van der Waals surface area contributed by atoms with Crippen molar-refractivity contribution in [3.63, 3.8) is 0 Å². The molecule has 0 heterocycles. The van der Waals surface area contributed by atoms with Gasteiger partial charge < -0.3 is 11.1 Å². The molecule has 0 unspecified atom stereocenters. The molecule has 0 amide bonds. The molecule has 4 heteroatoms. The molecule has 16 heavy (non-hydrogen) atoms. The molecule has 0 bridgehead atoms. The number of benzene rings is 1. The van der Waals surface area contributed by atoms with Crippen molar-refractivity contribution in [3.05, 3.63) is 35.9 Å². The third kappa shape index (κ3) is 5.66. The maximum absolute atomic E-state index is 5.74. The van der Waals surface area contributed by atoms with Crippen LogP contribution in [0, 0.1) is 0 Å². The Bertz CT molecular complexity index is 311. The maximum Gasteiger partial charge on any atom is 0.188 e. The lowest BCUT2D eigenvalue weighted by Crippen LogP contribution is -2.32. The summed E-state index contributed by atoms with van der Waals surface area (Å²) in [5.74, 6) is 1.68. The highest BCUT2D eigenvalue weighted by molar-refractivity contribution is 7.98. The largest absolute Gasteiger partial charge is 0.370 e. The van der Waals surface area contributed by atoms with Crippen molar-refractivity contribution in [2.75, 3.05) is 18.6 Å². The number of thioether (sulfide) groups is 1. The number of nitrogens with one attached hydrogen (secondary N) is 1. The Morgan fingerprint density at radius 1 is 1.38 bits per heavy atom. The molecule has 1 aromatic carbocycles. The highest BCUT2D eigenvalue weighted by atomic mass is 32.2. The van der Waals surface area contributed by atoms with Gasteiger partial charge in [-0.05, 0) is 24.0 Å². The van der Waals surface area contributed by atoms with Gasteiger partial charge in [0.25, 0.3) is 0 Å². The fourth-order valence-corrected chi connectivity index (χ4v) is 1.68. The molecule has 0 aliphatic rings. The van der Waals surface area contributed by atoms with Crippen molar-refractivity contribution in [2.45, 2.75) is 13.0 Å². The van der Waals surface area contributed by atoms with Crippen LogP contribution in [0.5, 0.6) is 0 Å². The molecule has 0 saturated carbocycles. The summed E-state index contributed by atoms with van der Waals surface area (Å²) in [6.07, 6.45) is 3.22. The SMILES string of the molecule is CSCCCNC(N)=NCc1ccccc1. The van der Waals surface area contributed by atoms with Crippen LogP contribution >= 0.6 is 11.8 Å². The molecule has 0 aliphatic carbocycles. The first-order valence-corrected chi connectivity index (χ1v) is 6.79. The molecule has 1 aromatic rings. The Labute approximate surface area is 102 Å². The number of hydrogen-bond acceptors (Lipinski definition) is 2. The van der Waals surface area contributed by atoms with E-state index in [1.165, 1.54) is 5.56 Å². The van der Waals surface area contributed by atoms with Crippen LogP contribution in [-0.2, 0) is 6.54 Å². The minimum Gasteiger partial charge on any atom is -0.370 e. The number of rotatable bonds is 6. The third-order valence-electron chi connectivity index (χ3n) is 2.11. The van der Waals surface area contributed by atoms with Crippen LogP contribution in [0.1, 0.15) is 12.0 Å². The first-order valence-electron chi connectivity index (χ1n) is 5.39. The summed E-state index contributed by atoms with van der Waals surface area (Å²) in [5.41, 5.74) is 6.91. The molecule has 0 fully saturated rings. The summed E-state index contributed by atoms with van der Waals surface area (Å²) in [4.78, 5) is 4.27. The van der Waals surface area contributed by atoms with Crippen LogP contribution in [0.4, 0.5) is 0 Å². The summed E-state index contributed by atoms with van der Waals surface area (Å²) in [6, 6.07) is 10.1. The minimum absolute atomic E-state index is 0.532. The molecule has 0 radical (unpaired) electrons. The predicted molar refractivity (Wildman–Crippen MR) is 72.8 cm³/mol. The summed E-state index contributed by atoms with van der Waals surface area (Å²) >= 11 is 1.84. The molecule has 1 rings (SSSR count). The zero-order valence-corrected chi connectivity index (χ0v) is 10.5. The molecular weight excluding hydrogens is 218 g/mol. The van der Waals surface area contributed by atoms with E-state index in [-0.39, 0.29) is 0 Å². The maximum atomic E-state index is 5.74. The van der Waals surface area contributed by atoms with Crippen LogP contribution in [0.25, 0.3) is 0 Å². The second-order valence-corrected chi connectivity index (χ2v) is 4.45. The lowest BCUT2D eigenvalue weighted by atomic mass is 10.2. The molecule has 0 aromatic heterocycles. The second kappa shape index (κ2) is 8.05. The lowest BCUT2D eigenvalue weighted by molar-refractivity contribution is 0.832. The van der Waals surface area contributed by atoms with Crippen molar-refractivity contribution < 1.29 is 0 Å². The molecular formula is C12H19N3S. The summed E-state index contributed by atoms with van der Waals surface area (Å²) in [6.45, 7) is 1.53. The van der Waals surface area contributed by atoms with Crippen LogP contribution in [0.15, 0.2) is 35.3 Å². The van der Waals surface area contributed by atoms with Crippen molar-refractivity contribution in [2.24, 2.45) is 10.7 Å². The van der Waals surface area contributed by atoms with E-state index in [4.69, 9.17) is 5.73 Å².